The van der Waals surface area contributed by atoms with Crippen molar-refractivity contribution < 1.29 is 22.7 Å². The highest BCUT2D eigenvalue weighted by molar-refractivity contribution is 5.98. The lowest BCUT2D eigenvalue weighted by Crippen LogP contribution is -2.21. The van der Waals surface area contributed by atoms with Crippen molar-refractivity contribution in [3.05, 3.63) is 29.8 Å². The number of Topliss-reactive ketones (excluding diaryl/α,β-unsaturated/α-hetero) is 1. The minimum absolute atomic E-state index is 0.0357. The quantitative estimate of drug-likeness (QED) is 0.811. The van der Waals surface area contributed by atoms with Crippen LogP contribution in [0.25, 0.3) is 0 Å². The lowest BCUT2D eigenvalue weighted by molar-refractivity contribution is -0.274. The number of alkyl halides is 3. The molecule has 1 aromatic carbocycles. The van der Waals surface area contributed by atoms with Gasteiger partial charge in [0, 0.05) is 6.42 Å². The molecule has 0 saturated carbocycles. The molecule has 0 spiro atoms. The zero-order chi connectivity index (χ0) is 14.5. The van der Waals surface area contributed by atoms with Crippen molar-refractivity contribution in [1.29, 1.82) is 0 Å². The lowest BCUT2D eigenvalue weighted by Gasteiger charge is -2.14. The number of hydrogen-bond donors (Lipinski definition) is 1. The number of rotatable bonds is 6. The Morgan fingerprint density at radius 1 is 1.37 bits per heavy atom. The molecule has 1 aromatic rings. The molecule has 6 heteroatoms. The molecule has 1 atom stereocenters. The molecule has 19 heavy (non-hydrogen) atoms. The number of halogens is 3. The van der Waals surface area contributed by atoms with E-state index in [0.717, 1.165) is 6.07 Å². The van der Waals surface area contributed by atoms with Gasteiger partial charge in [0.2, 0.25) is 0 Å². The summed E-state index contributed by atoms with van der Waals surface area (Å²) in [5.74, 6) is -0.893. The third kappa shape index (κ3) is 4.90. The second-order valence-electron chi connectivity index (χ2n) is 4.18. The summed E-state index contributed by atoms with van der Waals surface area (Å²) in [6.45, 7) is 2.20. The van der Waals surface area contributed by atoms with Crippen molar-refractivity contribution in [3.63, 3.8) is 0 Å². The van der Waals surface area contributed by atoms with Crippen LogP contribution in [0.4, 0.5) is 13.2 Å². The topological polar surface area (TPSA) is 52.3 Å². The van der Waals surface area contributed by atoms with Gasteiger partial charge in [-0.1, -0.05) is 25.5 Å². The van der Waals surface area contributed by atoms with Crippen molar-refractivity contribution in [3.8, 4) is 5.75 Å². The summed E-state index contributed by atoms with van der Waals surface area (Å²) in [4.78, 5) is 12.0. The van der Waals surface area contributed by atoms with Crippen LogP contribution in [0.1, 0.15) is 30.1 Å². The highest BCUT2D eigenvalue weighted by Gasteiger charge is 2.32. The molecular formula is C13H16F3NO2. The van der Waals surface area contributed by atoms with Gasteiger partial charge in [0.1, 0.15) is 5.75 Å². The number of benzene rings is 1. The largest absolute Gasteiger partial charge is 0.573 e. The van der Waals surface area contributed by atoms with Crippen LogP contribution >= 0.6 is 0 Å². The summed E-state index contributed by atoms with van der Waals surface area (Å²) in [6.07, 6.45) is -4.00. The highest BCUT2D eigenvalue weighted by atomic mass is 19.4. The first-order chi connectivity index (χ1) is 8.87. The average molecular weight is 275 g/mol. The Hall–Kier alpha value is -1.56. The van der Waals surface area contributed by atoms with Crippen molar-refractivity contribution in [2.45, 2.75) is 26.1 Å². The standard InChI is InChI=1S/C13H16F3NO2/c1-2-9(8-17)7-11(18)10-5-3-4-6-12(10)19-13(14,15)16/h3-6,9H,2,7-8,17H2,1H3. The SMILES string of the molecule is CCC(CN)CC(=O)c1ccccc1OC(F)(F)F. The first-order valence-electron chi connectivity index (χ1n) is 5.95. The first kappa shape index (κ1) is 15.5. The van der Waals surface area contributed by atoms with Crippen LogP contribution < -0.4 is 10.5 Å². The number of ketones is 1. The van der Waals surface area contributed by atoms with Gasteiger partial charge >= 0.3 is 6.36 Å². The van der Waals surface area contributed by atoms with Gasteiger partial charge in [0.15, 0.2) is 5.78 Å². The second-order valence-corrected chi connectivity index (χ2v) is 4.18. The summed E-state index contributed by atoms with van der Waals surface area (Å²) in [7, 11) is 0. The monoisotopic (exact) mass is 275 g/mol. The van der Waals surface area contributed by atoms with E-state index >= 15 is 0 Å². The van der Waals surface area contributed by atoms with E-state index in [1.54, 1.807) is 0 Å². The summed E-state index contributed by atoms with van der Waals surface area (Å²) in [5.41, 5.74) is 5.42. The molecule has 0 aliphatic heterocycles. The number of hydrogen-bond acceptors (Lipinski definition) is 3. The number of nitrogens with two attached hydrogens (primary N) is 1. The van der Waals surface area contributed by atoms with E-state index in [1.165, 1.54) is 18.2 Å². The fourth-order valence-electron chi connectivity index (χ4n) is 1.68. The Balaban J connectivity index is 2.90. The molecule has 0 aliphatic carbocycles. The molecule has 0 saturated heterocycles. The normalized spacial score (nSPS) is 13.1. The van der Waals surface area contributed by atoms with E-state index < -0.39 is 17.9 Å². The first-order valence-corrected chi connectivity index (χ1v) is 5.95. The van der Waals surface area contributed by atoms with Gasteiger partial charge in [-0.15, -0.1) is 13.2 Å². The minimum atomic E-state index is -4.81. The Kier molecular flexibility index (Phi) is 5.35. The van der Waals surface area contributed by atoms with Gasteiger partial charge in [-0.05, 0) is 24.6 Å². The number of para-hydroxylation sites is 1. The van der Waals surface area contributed by atoms with Gasteiger partial charge in [0.05, 0.1) is 5.56 Å². The fourth-order valence-corrected chi connectivity index (χ4v) is 1.68. The van der Waals surface area contributed by atoms with Gasteiger partial charge in [0.25, 0.3) is 0 Å². The predicted molar refractivity (Wildman–Crippen MR) is 64.9 cm³/mol. The number of carbonyl (C=O) groups excluding carboxylic acids is 1. The molecule has 2 N–H and O–H groups in total. The Morgan fingerprint density at radius 2 is 2.00 bits per heavy atom. The molecule has 0 heterocycles. The minimum Gasteiger partial charge on any atom is -0.405 e. The van der Waals surface area contributed by atoms with Crippen LogP contribution in [-0.2, 0) is 0 Å². The number of carbonyl (C=O) groups is 1. The van der Waals surface area contributed by atoms with Crippen LogP contribution in [0.5, 0.6) is 5.75 Å². The average Bonchev–Trinajstić information content (AvgIpc) is 2.34. The Morgan fingerprint density at radius 3 is 2.53 bits per heavy atom. The van der Waals surface area contributed by atoms with Crippen LogP contribution in [-0.4, -0.2) is 18.7 Å². The molecule has 0 radical (unpaired) electrons. The molecule has 106 valence electrons. The van der Waals surface area contributed by atoms with Crippen molar-refractivity contribution in [1.82, 2.24) is 0 Å². The fraction of sp³-hybridized carbons (Fsp3) is 0.462. The summed E-state index contributed by atoms with van der Waals surface area (Å²) < 4.78 is 40.5. The Labute approximate surface area is 109 Å². The predicted octanol–water partition coefficient (Wildman–Crippen LogP) is 3.14. The molecule has 1 rings (SSSR count). The zero-order valence-corrected chi connectivity index (χ0v) is 10.5. The van der Waals surface area contributed by atoms with Crippen molar-refractivity contribution in [2.75, 3.05) is 6.54 Å². The van der Waals surface area contributed by atoms with E-state index in [4.69, 9.17) is 5.73 Å². The van der Waals surface area contributed by atoms with Crippen LogP contribution in [0, 0.1) is 5.92 Å². The molecule has 0 amide bonds. The van der Waals surface area contributed by atoms with E-state index in [2.05, 4.69) is 4.74 Å². The third-order valence-electron chi connectivity index (χ3n) is 2.80. The molecule has 3 nitrogen and oxygen atoms in total. The molecule has 0 aliphatic rings. The van der Waals surface area contributed by atoms with Crippen LogP contribution in [0.2, 0.25) is 0 Å². The summed E-state index contributed by atoms with van der Waals surface area (Å²) >= 11 is 0. The molecular weight excluding hydrogens is 259 g/mol. The molecule has 0 fully saturated rings. The second kappa shape index (κ2) is 6.56. The highest BCUT2D eigenvalue weighted by Crippen LogP contribution is 2.27. The van der Waals surface area contributed by atoms with Gasteiger partial charge in [-0.2, -0.15) is 0 Å². The van der Waals surface area contributed by atoms with E-state index in [9.17, 15) is 18.0 Å². The Bertz CT molecular complexity index is 428. The van der Waals surface area contributed by atoms with E-state index in [0.29, 0.717) is 13.0 Å². The van der Waals surface area contributed by atoms with E-state index in [-0.39, 0.29) is 17.9 Å². The molecule has 0 aromatic heterocycles. The van der Waals surface area contributed by atoms with Crippen LogP contribution in [0.3, 0.4) is 0 Å². The maximum atomic E-state index is 12.2. The summed E-state index contributed by atoms with van der Waals surface area (Å²) in [5, 5.41) is 0. The lowest BCUT2D eigenvalue weighted by atomic mass is 9.96. The van der Waals surface area contributed by atoms with E-state index in [1.807, 2.05) is 6.92 Å². The number of ether oxygens (including phenoxy) is 1. The smallest absolute Gasteiger partial charge is 0.405 e. The molecule has 1 unspecified atom stereocenters. The zero-order valence-electron chi connectivity index (χ0n) is 10.5. The molecule has 0 bridgehead atoms. The van der Waals surface area contributed by atoms with Gasteiger partial charge < -0.3 is 10.5 Å². The maximum absolute atomic E-state index is 12.2. The van der Waals surface area contributed by atoms with Crippen LogP contribution in [0.15, 0.2) is 24.3 Å². The van der Waals surface area contributed by atoms with Crippen molar-refractivity contribution >= 4 is 5.78 Å². The van der Waals surface area contributed by atoms with Gasteiger partial charge in [-0.25, -0.2) is 0 Å². The maximum Gasteiger partial charge on any atom is 0.573 e. The van der Waals surface area contributed by atoms with Crippen molar-refractivity contribution in [2.24, 2.45) is 11.7 Å². The third-order valence-corrected chi connectivity index (χ3v) is 2.80. The summed E-state index contributed by atoms with van der Waals surface area (Å²) in [6, 6.07) is 5.34. The van der Waals surface area contributed by atoms with Gasteiger partial charge in [-0.3, -0.25) is 4.79 Å².